The van der Waals surface area contributed by atoms with Crippen molar-refractivity contribution in [1.29, 1.82) is 15.8 Å². The van der Waals surface area contributed by atoms with Gasteiger partial charge in [0.1, 0.15) is 42.4 Å². The van der Waals surface area contributed by atoms with Gasteiger partial charge in [-0.05, 0) is 0 Å². The number of alkyl halides is 6. The Bertz CT molecular complexity index is 764. The molecule has 27 heavy (non-hydrogen) atoms. The van der Waals surface area contributed by atoms with Gasteiger partial charge < -0.3 is 0 Å². The van der Waals surface area contributed by atoms with E-state index in [0.717, 1.165) is 0 Å². The topological polar surface area (TPSA) is 75.7 Å². The second-order valence-corrected chi connectivity index (χ2v) is 9.12. The zero-order chi connectivity index (χ0) is 20.5. The highest BCUT2D eigenvalue weighted by Crippen LogP contribution is 2.51. The Morgan fingerprint density at radius 1 is 0.852 bits per heavy atom. The van der Waals surface area contributed by atoms with Crippen molar-refractivity contribution in [3.63, 3.8) is 0 Å². The van der Waals surface area contributed by atoms with Crippen LogP contribution in [0.25, 0.3) is 4.85 Å². The van der Waals surface area contributed by atoms with Gasteiger partial charge in [-0.2, -0.15) is 10.5 Å². The van der Waals surface area contributed by atoms with Crippen LogP contribution < -0.4 is 0 Å². The lowest BCUT2D eigenvalue weighted by Crippen LogP contribution is -2.30. The summed E-state index contributed by atoms with van der Waals surface area (Å²) in [6.07, 6.45) is -8.06. The normalized spacial score (nSPS) is 39.9. The van der Waals surface area contributed by atoms with Crippen molar-refractivity contribution in [2.75, 3.05) is 0 Å². The molecule has 0 bridgehead atoms. The highest BCUT2D eigenvalue weighted by molar-refractivity contribution is 9.10. The summed E-state index contributed by atoms with van der Waals surface area (Å²) in [5.41, 5.74) is -2.63. The summed E-state index contributed by atoms with van der Waals surface area (Å²) in [5, 5.41) is 24.2. The van der Waals surface area contributed by atoms with Gasteiger partial charge in [0, 0.05) is 11.1 Å². The number of rotatable bonds is 2. The van der Waals surface area contributed by atoms with E-state index in [4.69, 9.17) is 22.4 Å². The van der Waals surface area contributed by atoms with E-state index in [9.17, 15) is 17.6 Å². The molecule has 0 heterocycles. The molecule has 0 aromatic heterocycles. The number of thioether (sulfide) groups is 1. The summed E-state index contributed by atoms with van der Waals surface area (Å²) in [4.78, 5) is 0.492. The van der Waals surface area contributed by atoms with E-state index in [2.05, 4.69) is 36.7 Å². The number of nitriles is 3. The van der Waals surface area contributed by atoms with E-state index in [-0.39, 0.29) is 0 Å². The summed E-state index contributed by atoms with van der Waals surface area (Å²) in [6, 6.07) is 4.32. The van der Waals surface area contributed by atoms with Crippen LogP contribution in [0.3, 0.4) is 0 Å². The van der Waals surface area contributed by atoms with Crippen LogP contribution in [0.5, 0.6) is 0 Å². The lowest BCUT2D eigenvalue weighted by molar-refractivity contribution is 0.374. The average molecular weight is 524 g/mol. The molecule has 8 unspecified atom stereocenters. The zero-order valence-electron chi connectivity index (χ0n) is 13.1. The summed E-state index contributed by atoms with van der Waals surface area (Å²) >= 11 is 6.57. The van der Waals surface area contributed by atoms with Gasteiger partial charge in [0.15, 0.2) is 0 Å². The molecule has 0 amide bonds. The van der Waals surface area contributed by atoms with Crippen molar-refractivity contribution in [1.82, 2.24) is 0 Å². The van der Waals surface area contributed by atoms with Crippen molar-refractivity contribution in [2.24, 2.45) is 0 Å². The van der Waals surface area contributed by atoms with Crippen molar-refractivity contribution >= 4 is 43.6 Å². The minimum atomic E-state index is -2.06. The maximum Gasteiger partial charge on any atom is 0.266 e. The van der Waals surface area contributed by atoms with Crippen LogP contribution in [0.15, 0.2) is 22.4 Å². The first-order chi connectivity index (χ1) is 12.7. The van der Waals surface area contributed by atoms with E-state index in [1.807, 2.05) is 0 Å². The Kier molecular flexibility index (Phi) is 6.98. The smallest absolute Gasteiger partial charge is 0.243 e. The molecular weight excluding hydrogens is 516 g/mol. The van der Waals surface area contributed by atoms with Gasteiger partial charge in [0.05, 0.1) is 32.8 Å². The zero-order valence-corrected chi connectivity index (χ0v) is 17.1. The van der Waals surface area contributed by atoms with Gasteiger partial charge in [0.2, 0.25) is 0 Å². The van der Waals surface area contributed by atoms with Crippen LogP contribution in [0.1, 0.15) is 0 Å². The number of halogens is 6. The largest absolute Gasteiger partial charge is 0.266 e. The van der Waals surface area contributed by atoms with Gasteiger partial charge in [-0.1, -0.05) is 31.9 Å². The highest BCUT2D eigenvalue weighted by atomic mass is 79.9. The maximum atomic E-state index is 14.8. The van der Waals surface area contributed by atoms with Crippen molar-refractivity contribution in [2.45, 2.75) is 44.8 Å². The lowest BCUT2D eigenvalue weighted by Gasteiger charge is -2.23. The molecule has 0 aliphatic heterocycles. The van der Waals surface area contributed by atoms with Crippen LogP contribution in [-0.4, -0.2) is 44.8 Å². The van der Waals surface area contributed by atoms with E-state index < -0.39 is 67.3 Å². The minimum Gasteiger partial charge on any atom is -0.243 e. The number of hydrogen-bond acceptors (Lipinski definition) is 4. The maximum absolute atomic E-state index is 14.8. The number of hydrogen-bond donors (Lipinski definition) is 0. The van der Waals surface area contributed by atoms with Crippen molar-refractivity contribution < 1.29 is 17.6 Å². The first-order valence-corrected chi connectivity index (χ1v) is 10.1. The van der Waals surface area contributed by atoms with Crippen molar-refractivity contribution in [3.05, 3.63) is 33.8 Å². The van der Waals surface area contributed by atoms with E-state index in [0.29, 0.717) is 11.8 Å². The SMILES string of the molecule is [C-]#[N+]/C(C#N)=C1/C(F)C(Br)C(SC2C(F)C(=C(C#N)C#N)C(F)C2Br)C1F. The molecule has 2 saturated carbocycles. The predicted octanol–water partition coefficient (Wildman–Crippen LogP) is 4.40. The van der Waals surface area contributed by atoms with E-state index in [1.54, 1.807) is 0 Å². The van der Waals surface area contributed by atoms with Gasteiger partial charge in [0.25, 0.3) is 5.70 Å². The standard InChI is InChI=1S/C16H8Br2F4N4S/c1-26-6(4-25)8-12(20)10(18)16(14(8)22)27-15-9(17)11(19)7(13(15)21)5(2-23)3-24/h9-16H/b8-6-. The molecule has 0 saturated heterocycles. The summed E-state index contributed by atoms with van der Waals surface area (Å²) in [7, 11) is 0. The molecule has 2 rings (SSSR count). The first kappa shape index (κ1) is 21.8. The van der Waals surface area contributed by atoms with E-state index >= 15 is 0 Å². The Hall–Kier alpha value is -1.53. The highest BCUT2D eigenvalue weighted by Gasteiger charge is 2.55. The lowest BCUT2D eigenvalue weighted by atomic mass is 10.1. The molecule has 4 nitrogen and oxygen atoms in total. The van der Waals surface area contributed by atoms with Crippen LogP contribution in [-0.2, 0) is 0 Å². The second-order valence-electron chi connectivity index (χ2n) is 5.64. The molecule has 0 aromatic carbocycles. The van der Waals surface area contributed by atoms with Crippen molar-refractivity contribution in [3.8, 4) is 18.2 Å². The molecular formula is C16H8Br2F4N4S. The van der Waals surface area contributed by atoms with Crippen LogP contribution in [0.4, 0.5) is 17.6 Å². The molecule has 0 N–H and O–H groups in total. The molecule has 0 aromatic rings. The molecule has 0 spiro atoms. The van der Waals surface area contributed by atoms with Gasteiger partial charge in [-0.3, -0.25) is 0 Å². The molecule has 140 valence electrons. The molecule has 11 heteroatoms. The quantitative estimate of drug-likeness (QED) is 0.232. The minimum absolute atomic E-state index is 0.616. The Labute approximate surface area is 173 Å². The Morgan fingerprint density at radius 3 is 1.70 bits per heavy atom. The predicted molar refractivity (Wildman–Crippen MR) is 97.7 cm³/mol. The Balaban J connectivity index is 2.38. The second kappa shape index (κ2) is 8.65. The molecule has 8 atom stereocenters. The number of nitrogens with zero attached hydrogens (tertiary/aromatic N) is 4. The summed E-state index contributed by atoms with van der Waals surface area (Å²) in [5.74, 6) is 0. The summed E-state index contributed by atoms with van der Waals surface area (Å²) < 4.78 is 58.4. The fourth-order valence-corrected chi connectivity index (χ4v) is 6.33. The van der Waals surface area contributed by atoms with Gasteiger partial charge >= 0.3 is 0 Å². The Morgan fingerprint density at radius 2 is 1.30 bits per heavy atom. The first-order valence-electron chi connectivity index (χ1n) is 7.30. The third-order valence-electron chi connectivity index (χ3n) is 4.27. The third-order valence-corrected chi connectivity index (χ3v) is 8.73. The molecule has 2 fully saturated rings. The van der Waals surface area contributed by atoms with Crippen LogP contribution in [0.2, 0.25) is 0 Å². The molecule has 2 aliphatic carbocycles. The van der Waals surface area contributed by atoms with E-state index in [1.165, 1.54) is 18.2 Å². The fourth-order valence-electron chi connectivity index (χ4n) is 2.97. The fraction of sp³-hybridized carbons (Fsp3) is 0.500. The molecule has 2 aliphatic rings. The van der Waals surface area contributed by atoms with Gasteiger partial charge in [-0.25, -0.2) is 27.7 Å². The number of allylic oxidation sites excluding steroid dienone is 4. The average Bonchev–Trinajstić information content (AvgIpc) is 2.99. The molecule has 0 radical (unpaired) electrons. The van der Waals surface area contributed by atoms with Crippen LogP contribution >= 0.6 is 43.6 Å². The summed E-state index contributed by atoms with van der Waals surface area (Å²) in [6.45, 7) is 6.87. The monoisotopic (exact) mass is 522 g/mol. The third kappa shape index (κ3) is 3.61. The van der Waals surface area contributed by atoms with Gasteiger partial charge in [-0.15, -0.1) is 11.8 Å². The van der Waals surface area contributed by atoms with Crippen LogP contribution in [0, 0.1) is 40.6 Å².